The van der Waals surface area contributed by atoms with E-state index in [4.69, 9.17) is 11.6 Å². The third-order valence-corrected chi connectivity index (χ3v) is 6.62. The Hall–Kier alpha value is -3.65. The largest absolute Gasteiger partial charge is 0.338 e. The average Bonchev–Trinajstić information content (AvgIpc) is 2.80. The number of carbonyl (C=O) groups excluding carboxylic acids is 2. The molecule has 0 saturated carbocycles. The van der Waals surface area contributed by atoms with Gasteiger partial charge in [0.25, 0.3) is 5.56 Å². The third kappa shape index (κ3) is 3.98. The maximum Gasteiger partial charge on any atom is 0.258 e. The van der Waals surface area contributed by atoms with Crippen molar-refractivity contribution in [3.63, 3.8) is 0 Å². The third-order valence-electron chi connectivity index (χ3n) is 6.21. The molecule has 0 aliphatic carbocycles. The number of nitrogens with zero attached hydrogens (tertiary/aromatic N) is 2. The molecule has 33 heavy (non-hydrogen) atoms. The lowest BCUT2D eigenvalue weighted by molar-refractivity contribution is -0.123. The van der Waals surface area contributed by atoms with Crippen molar-refractivity contribution < 1.29 is 9.59 Å². The van der Waals surface area contributed by atoms with E-state index >= 15 is 0 Å². The molecule has 0 spiro atoms. The van der Waals surface area contributed by atoms with Gasteiger partial charge in [-0.3, -0.25) is 19.4 Å². The van der Waals surface area contributed by atoms with Gasteiger partial charge in [-0.25, -0.2) is 0 Å². The normalized spacial score (nSPS) is 17.1. The molecule has 0 bridgehead atoms. The van der Waals surface area contributed by atoms with Gasteiger partial charge in [-0.2, -0.15) is 4.98 Å². The second kappa shape index (κ2) is 8.37. The molecule has 1 atom stereocenters. The summed E-state index contributed by atoms with van der Waals surface area (Å²) < 4.78 is 0. The van der Waals surface area contributed by atoms with Crippen molar-refractivity contribution >= 4 is 40.9 Å². The Morgan fingerprint density at radius 2 is 1.94 bits per heavy atom. The van der Waals surface area contributed by atoms with Gasteiger partial charge >= 0.3 is 0 Å². The van der Waals surface area contributed by atoms with Crippen LogP contribution in [0.2, 0.25) is 5.02 Å². The van der Waals surface area contributed by atoms with Crippen LogP contribution in [0.4, 0.5) is 17.5 Å². The lowest BCUT2D eigenvalue weighted by Crippen LogP contribution is -2.39. The molecule has 2 aromatic carbocycles. The van der Waals surface area contributed by atoms with Crippen LogP contribution in [0.5, 0.6) is 0 Å². The summed E-state index contributed by atoms with van der Waals surface area (Å²) in [7, 11) is 0. The van der Waals surface area contributed by atoms with Crippen molar-refractivity contribution in [1.29, 1.82) is 0 Å². The number of amides is 2. The predicted octanol–water partition coefficient (Wildman–Crippen LogP) is 3.36. The Morgan fingerprint density at radius 1 is 1.15 bits per heavy atom. The Bertz CT molecular complexity index is 1340. The maximum absolute atomic E-state index is 13.1. The summed E-state index contributed by atoms with van der Waals surface area (Å²) in [5.74, 6) is -1.27. The van der Waals surface area contributed by atoms with Gasteiger partial charge in [0.05, 0.1) is 11.5 Å². The van der Waals surface area contributed by atoms with Gasteiger partial charge in [0.1, 0.15) is 5.82 Å². The van der Waals surface area contributed by atoms with Gasteiger partial charge in [0.2, 0.25) is 17.8 Å². The van der Waals surface area contributed by atoms with Crippen LogP contribution < -0.4 is 21.1 Å². The van der Waals surface area contributed by atoms with E-state index in [9.17, 15) is 14.4 Å². The van der Waals surface area contributed by atoms with Crippen LogP contribution in [-0.2, 0) is 22.6 Å². The minimum absolute atomic E-state index is 0.131. The van der Waals surface area contributed by atoms with E-state index < -0.39 is 17.4 Å². The molecule has 3 aromatic rings. The molecule has 5 rings (SSSR count). The second-order valence-corrected chi connectivity index (χ2v) is 8.71. The number of hydrogen-bond acceptors (Lipinski definition) is 5. The minimum atomic E-state index is -0.959. The zero-order chi connectivity index (χ0) is 23.1. The fourth-order valence-corrected chi connectivity index (χ4v) is 4.55. The first-order valence-electron chi connectivity index (χ1n) is 10.7. The summed E-state index contributed by atoms with van der Waals surface area (Å²) in [4.78, 5) is 47.9. The number of fused-ring (bicyclic) bond motifs is 2. The van der Waals surface area contributed by atoms with Gasteiger partial charge in [-0.15, -0.1) is 0 Å². The lowest BCUT2D eigenvalue weighted by Gasteiger charge is -2.30. The lowest BCUT2D eigenvalue weighted by atomic mass is 9.92. The van der Waals surface area contributed by atoms with Crippen molar-refractivity contribution in [3.8, 4) is 0 Å². The number of rotatable bonds is 3. The molecule has 9 heteroatoms. The minimum Gasteiger partial charge on any atom is -0.338 e. The van der Waals surface area contributed by atoms with Gasteiger partial charge in [0.15, 0.2) is 0 Å². The Morgan fingerprint density at radius 3 is 2.76 bits per heavy atom. The summed E-state index contributed by atoms with van der Waals surface area (Å²) in [6.45, 7) is 3.07. The van der Waals surface area contributed by atoms with Crippen LogP contribution in [0.25, 0.3) is 0 Å². The molecule has 1 unspecified atom stereocenters. The maximum atomic E-state index is 13.1. The van der Waals surface area contributed by atoms with E-state index in [1.165, 1.54) is 11.1 Å². The summed E-state index contributed by atoms with van der Waals surface area (Å²) >= 11 is 6.15. The van der Waals surface area contributed by atoms with Crippen molar-refractivity contribution in [2.45, 2.75) is 32.2 Å². The van der Waals surface area contributed by atoms with Gasteiger partial charge in [0, 0.05) is 30.2 Å². The molecule has 0 saturated heterocycles. The number of aromatic nitrogens is 2. The first-order valence-corrected chi connectivity index (χ1v) is 11.1. The standard InChI is InChI=1S/C24H22ClN5O3/c1-13-17(25)7-4-8-18(13)26-22(32)16-11-19(31)27-21-20(16)23(33)29-24(28-21)30-10-9-14-5-2-3-6-15(14)12-30/h2-8,16H,9-12H2,1H3,(H,26,32)(H2,27,28,29,31,33). The van der Waals surface area contributed by atoms with Crippen LogP contribution >= 0.6 is 11.6 Å². The highest BCUT2D eigenvalue weighted by molar-refractivity contribution is 6.31. The monoisotopic (exact) mass is 463 g/mol. The van der Waals surface area contributed by atoms with Gasteiger partial charge in [-0.05, 0) is 42.2 Å². The molecule has 168 valence electrons. The fourth-order valence-electron chi connectivity index (χ4n) is 4.37. The summed E-state index contributed by atoms with van der Waals surface area (Å²) in [5.41, 5.74) is 3.41. The smallest absolute Gasteiger partial charge is 0.258 e. The molecular weight excluding hydrogens is 442 g/mol. The first kappa shape index (κ1) is 21.2. The molecule has 3 heterocycles. The topological polar surface area (TPSA) is 107 Å². The molecule has 2 aliphatic heterocycles. The molecule has 2 aliphatic rings. The van der Waals surface area contributed by atoms with Crippen molar-refractivity contribution in [1.82, 2.24) is 9.97 Å². The highest BCUT2D eigenvalue weighted by Gasteiger charge is 2.35. The predicted molar refractivity (Wildman–Crippen MR) is 127 cm³/mol. The number of nitrogens with one attached hydrogen (secondary N) is 3. The molecular formula is C24H22ClN5O3. The van der Waals surface area contributed by atoms with E-state index in [0.717, 1.165) is 6.42 Å². The Kier molecular flexibility index (Phi) is 5.38. The highest BCUT2D eigenvalue weighted by atomic mass is 35.5. The van der Waals surface area contributed by atoms with E-state index in [-0.39, 0.29) is 23.7 Å². The van der Waals surface area contributed by atoms with Crippen LogP contribution in [0.3, 0.4) is 0 Å². The average molecular weight is 464 g/mol. The summed E-state index contributed by atoms with van der Waals surface area (Å²) in [6.07, 6.45) is 0.687. The van der Waals surface area contributed by atoms with Crippen LogP contribution in [0.1, 0.15) is 34.6 Å². The molecule has 3 N–H and O–H groups in total. The molecule has 0 radical (unpaired) electrons. The highest BCUT2D eigenvalue weighted by Crippen LogP contribution is 2.32. The zero-order valence-electron chi connectivity index (χ0n) is 17.9. The second-order valence-electron chi connectivity index (χ2n) is 8.30. The number of aromatic amines is 1. The van der Waals surface area contributed by atoms with Gasteiger partial charge < -0.3 is 15.5 Å². The number of anilines is 3. The van der Waals surface area contributed by atoms with E-state index in [1.807, 2.05) is 17.0 Å². The number of halogens is 1. The molecule has 2 amide bonds. The van der Waals surface area contributed by atoms with Gasteiger partial charge in [-0.1, -0.05) is 41.9 Å². The molecule has 8 nitrogen and oxygen atoms in total. The SMILES string of the molecule is Cc1c(Cl)cccc1NC(=O)C1CC(=O)Nc2nc(N3CCc4ccccc4C3)[nH]c(=O)c21. The zero-order valence-corrected chi connectivity index (χ0v) is 18.7. The van der Waals surface area contributed by atoms with Crippen molar-refractivity contribution in [2.75, 3.05) is 22.1 Å². The number of H-pyrrole nitrogens is 1. The summed E-state index contributed by atoms with van der Waals surface area (Å²) in [5, 5.41) is 5.99. The number of benzene rings is 2. The number of hydrogen-bond donors (Lipinski definition) is 3. The van der Waals surface area contributed by atoms with Crippen LogP contribution in [0, 0.1) is 6.92 Å². The van der Waals surface area contributed by atoms with Crippen molar-refractivity contribution in [3.05, 3.63) is 80.1 Å². The van der Waals surface area contributed by atoms with Crippen LogP contribution in [-0.4, -0.2) is 28.3 Å². The summed E-state index contributed by atoms with van der Waals surface area (Å²) in [6, 6.07) is 13.3. The first-order chi connectivity index (χ1) is 15.9. The Balaban J connectivity index is 1.46. The fraction of sp³-hybridized carbons (Fsp3) is 0.250. The van der Waals surface area contributed by atoms with E-state index in [1.54, 1.807) is 25.1 Å². The molecule has 0 fully saturated rings. The van der Waals surface area contributed by atoms with E-state index in [2.05, 4.69) is 32.7 Å². The van der Waals surface area contributed by atoms with Crippen LogP contribution in [0.15, 0.2) is 47.3 Å². The number of carbonyl (C=O) groups is 2. The van der Waals surface area contributed by atoms with Crippen molar-refractivity contribution in [2.24, 2.45) is 0 Å². The quantitative estimate of drug-likeness (QED) is 0.552. The molecule has 1 aromatic heterocycles. The van der Waals surface area contributed by atoms with E-state index in [0.29, 0.717) is 35.3 Å². The Labute approximate surface area is 195 Å².